The van der Waals surface area contributed by atoms with E-state index in [0.29, 0.717) is 11.1 Å². The SMILES string of the molecule is Cc1cc(-c2nnc(SCC(=O)O)n2CC(C)C)c(C)o1. The number of aryl methyl sites for hydroxylation is 2. The summed E-state index contributed by atoms with van der Waals surface area (Å²) in [6.45, 7) is 8.71. The minimum absolute atomic E-state index is 0.0281. The van der Waals surface area contributed by atoms with E-state index < -0.39 is 5.97 Å². The Labute approximate surface area is 127 Å². The van der Waals surface area contributed by atoms with Crippen LogP contribution >= 0.6 is 11.8 Å². The minimum Gasteiger partial charge on any atom is -0.481 e. The molecule has 0 saturated heterocycles. The molecule has 2 aromatic rings. The summed E-state index contributed by atoms with van der Waals surface area (Å²) in [5.41, 5.74) is 0.905. The summed E-state index contributed by atoms with van der Waals surface area (Å²) in [6, 6.07) is 1.93. The largest absolute Gasteiger partial charge is 0.481 e. The first-order chi connectivity index (χ1) is 9.88. The number of rotatable bonds is 6. The number of hydrogen-bond donors (Lipinski definition) is 1. The number of aliphatic carboxylic acids is 1. The highest BCUT2D eigenvalue weighted by Crippen LogP contribution is 2.29. The zero-order valence-corrected chi connectivity index (χ0v) is 13.4. The summed E-state index contributed by atoms with van der Waals surface area (Å²) < 4.78 is 7.52. The molecule has 0 aliphatic heterocycles. The Morgan fingerprint density at radius 2 is 2.14 bits per heavy atom. The van der Waals surface area contributed by atoms with Crippen LogP contribution in [0.1, 0.15) is 25.4 Å². The van der Waals surface area contributed by atoms with Crippen molar-refractivity contribution in [1.82, 2.24) is 14.8 Å². The maximum absolute atomic E-state index is 10.7. The highest BCUT2D eigenvalue weighted by atomic mass is 32.2. The number of nitrogens with zero attached hydrogens (tertiary/aromatic N) is 3. The van der Waals surface area contributed by atoms with Crippen LogP contribution in [0.25, 0.3) is 11.4 Å². The van der Waals surface area contributed by atoms with Crippen molar-refractivity contribution < 1.29 is 14.3 Å². The predicted molar refractivity (Wildman–Crippen MR) is 80.4 cm³/mol. The molecular weight excluding hydrogens is 290 g/mol. The maximum Gasteiger partial charge on any atom is 0.313 e. The Morgan fingerprint density at radius 3 is 2.67 bits per heavy atom. The smallest absolute Gasteiger partial charge is 0.313 e. The second kappa shape index (κ2) is 6.34. The number of carbonyl (C=O) groups is 1. The van der Waals surface area contributed by atoms with E-state index in [1.54, 1.807) is 0 Å². The summed E-state index contributed by atoms with van der Waals surface area (Å²) in [6.07, 6.45) is 0. The quantitative estimate of drug-likeness (QED) is 0.826. The highest BCUT2D eigenvalue weighted by molar-refractivity contribution is 7.99. The number of aromatic nitrogens is 3. The van der Waals surface area contributed by atoms with Gasteiger partial charge in [-0.15, -0.1) is 10.2 Å². The molecule has 0 spiro atoms. The molecule has 0 fully saturated rings. The van der Waals surface area contributed by atoms with Gasteiger partial charge in [0.25, 0.3) is 0 Å². The van der Waals surface area contributed by atoms with Gasteiger partial charge in [0, 0.05) is 6.54 Å². The van der Waals surface area contributed by atoms with Crippen LogP contribution in [-0.4, -0.2) is 31.6 Å². The van der Waals surface area contributed by atoms with Gasteiger partial charge in [0.1, 0.15) is 11.5 Å². The van der Waals surface area contributed by atoms with E-state index in [1.807, 2.05) is 24.5 Å². The number of carboxylic acids is 1. The molecule has 0 radical (unpaired) electrons. The van der Waals surface area contributed by atoms with Crippen molar-refractivity contribution >= 4 is 17.7 Å². The first kappa shape index (κ1) is 15.6. The number of furan rings is 1. The molecule has 6 nitrogen and oxygen atoms in total. The van der Waals surface area contributed by atoms with Crippen molar-refractivity contribution in [3.8, 4) is 11.4 Å². The molecule has 1 N–H and O–H groups in total. The number of hydrogen-bond acceptors (Lipinski definition) is 5. The van der Waals surface area contributed by atoms with E-state index in [9.17, 15) is 4.79 Å². The Bertz CT molecular complexity index is 646. The van der Waals surface area contributed by atoms with Gasteiger partial charge < -0.3 is 14.1 Å². The molecular formula is C14H19N3O3S. The molecule has 0 atom stereocenters. The molecule has 114 valence electrons. The summed E-state index contributed by atoms with van der Waals surface area (Å²) in [7, 11) is 0. The molecule has 0 aliphatic rings. The average Bonchev–Trinajstić information content (AvgIpc) is 2.89. The van der Waals surface area contributed by atoms with Gasteiger partial charge >= 0.3 is 5.97 Å². The van der Waals surface area contributed by atoms with E-state index in [2.05, 4.69) is 24.0 Å². The van der Waals surface area contributed by atoms with Crippen molar-refractivity contribution in [2.24, 2.45) is 5.92 Å². The fourth-order valence-corrected chi connectivity index (χ4v) is 2.77. The molecule has 0 aromatic carbocycles. The molecule has 0 aliphatic carbocycles. The average molecular weight is 309 g/mol. The summed E-state index contributed by atoms with van der Waals surface area (Å²) in [4.78, 5) is 10.7. The topological polar surface area (TPSA) is 81.1 Å². The molecule has 0 unspecified atom stereocenters. The molecule has 0 bridgehead atoms. The number of carboxylic acid groups (broad SMARTS) is 1. The van der Waals surface area contributed by atoms with E-state index in [-0.39, 0.29) is 5.75 Å². The minimum atomic E-state index is -0.865. The van der Waals surface area contributed by atoms with E-state index in [1.165, 1.54) is 11.8 Å². The molecule has 7 heteroatoms. The second-order valence-electron chi connectivity index (χ2n) is 5.32. The third-order valence-corrected chi connectivity index (χ3v) is 3.82. The molecule has 2 rings (SSSR count). The Hall–Kier alpha value is -1.76. The predicted octanol–water partition coefficient (Wildman–Crippen LogP) is 2.99. The zero-order valence-electron chi connectivity index (χ0n) is 12.6. The Morgan fingerprint density at radius 1 is 1.43 bits per heavy atom. The van der Waals surface area contributed by atoms with Gasteiger partial charge in [-0.1, -0.05) is 25.6 Å². The Balaban J connectivity index is 2.41. The number of thioether (sulfide) groups is 1. The van der Waals surface area contributed by atoms with Gasteiger partial charge in [-0.25, -0.2) is 0 Å². The van der Waals surface area contributed by atoms with Gasteiger partial charge in [0.2, 0.25) is 0 Å². The van der Waals surface area contributed by atoms with E-state index in [4.69, 9.17) is 9.52 Å². The van der Waals surface area contributed by atoms with Crippen LogP contribution < -0.4 is 0 Å². The van der Waals surface area contributed by atoms with Crippen molar-refractivity contribution in [3.05, 3.63) is 17.6 Å². The Kier molecular flexibility index (Phi) is 4.72. The van der Waals surface area contributed by atoms with Crippen molar-refractivity contribution in [2.75, 3.05) is 5.75 Å². The van der Waals surface area contributed by atoms with Crippen molar-refractivity contribution in [2.45, 2.75) is 39.4 Å². The summed E-state index contributed by atoms with van der Waals surface area (Å²) in [5, 5.41) is 17.8. The third-order valence-electron chi connectivity index (χ3n) is 2.87. The van der Waals surface area contributed by atoms with Crippen LogP contribution in [-0.2, 0) is 11.3 Å². The van der Waals surface area contributed by atoms with Crippen molar-refractivity contribution in [3.63, 3.8) is 0 Å². The lowest BCUT2D eigenvalue weighted by molar-refractivity contribution is -0.133. The normalized spacial score (nSPS) is 11.3. The van der Waals surface area contributed by atoms with Crippen LogP contribution in [0.15, 0.2) is 15.6 Å². The molecule has 0 amide bonds. The monoisotopic (exact) mass is 309 g/mol. The third kappa shape index (κ3) is 3.66. The van der Waals surface area contributed by atoms with E-state index >= 15 is 0 Å². The zero-order chi connectivity index (χ0) is 15.6. The lowest BCUT2D eigenvalue weighted by atomic mass is 10.2. The second-order valence-corrected chi connectivity index (χ2v) is 6.26. The van der Waals surface area contributed by atoms with E-state index in [0.717, 1.165) is 29.5 Å². The summed E-state index contributed by atoms with van der Waals surface area (Å²) in [5.74, 6) is 1.85. The highest BCUT2D eigenvalue weighted by Gasteiger charge is 2.19. The van der Waals surface area contributed by atoms with Gasteiger partial charge in [-0.3, -0.25) is 4.79 Å². The lowest BCUT2D eigenvalue weighted by Crippen LogP contribution is -2.09. The fourth-order valence-electron chi connectivity index (χ4n) is 2.10. The van der Waals surface area contributed by atoms with Crippen molar-refractivity contribution in [1.29, 1.82) is 0 Å². The molecule has 21 heavy (non-hydrogen) atoms. The van der Waals surface area contributed by atoms with Crippen LogP contribution in [0, 0.1) is 19.8 Å². The van der Waals surface area contributed by atoms with Crippen LogP contribution in [0.5, 0.6) is 0 Å². The molecule has 2 heterocycles. The van der Waals surface area contributed by atoms with Gasteiger partial charge in [0.15, 0.2) is 11.0 Å². The van der Waals surface area contributed by atoms with Gasteiger partial charge in [-0.2, -0.15) is 0 Å². The fraction of sp³-hybridized carbons (Fsp3) is 0.500. The molecule has 0 saturated carbocycles. The van der Waals surface area contributed by atoms with Crippen LogP contribution in [0.2, 0.25) is 0 Å². The molecule has 2 aromatic heterocycles. The van der Waals surface area contributed by atoms with Crippen LogP contribution in [0.3, 0.4) is 0 Å². The lowest BCUT2D eigenvalue weighted by Gasteiger charge is -2.11. The summed E-state index contributed by atoms with van der Waals surface area (Å²) >= 11 is 1.18. The standard InChI is InChI=1S/C14H19N3O3S/c1-8(2)6-17-13(11-5-9(3)20-10(11)4)15-16-14(17)21-7-12(18)19/h5,8H,6-7H2,1-4H3,(H,18,19). The van der Waals surface area contributed by atoms with Crippen LogP contribution in [0.4, 0.5) is 0 Å². The van der Waals surface area contributed by atoms with Gasteiger partial charge in [-0.05, 0) is 25.8 Å². The first-order valence-electron chi connectivity index (χ1n) is 6.73. The maximum atomic E-state index is 10.7. The first-order valence-corrected chi connectivity index (χ1v) is 7.72. The van der Waals surface area contributed by atoms with Gasteiger partial charge in [0.05, 0.1) is 11.3 Å².